The molecule has 1 aliphatic heterocycles. The van der Waals surface area contributed by atoms with Gasteiger partial charge in [0, 0.05) is 10.3 Å². The maximum absolute atomic E-state index is 12.0. The van der Waals surface area contributed by atoms with Crippen LogP contribution in [0.5, 0.6) is 0 Å². The van der Waals surface area contributed by atoms with E-state index in [4.69, 9.17) is 0 Å². The SMILES string of the molecule is O=C1CSc2ccccc2N1Cc1cscn1. The maximum atomic E-state index is 12.0. The number of thioether (sulfide) groups is 1. The second-order valence-corrected chi connectivity index (χ2v) is 5.45. The molecule has 2 heterocycles. The van der Waals surface area contributed by atoms with Gasteiger partial charge in [-0.3, -0.25) is 4.79 Å². The lowest BCUT2D eigenvalue weighted by atomic mass is 10.2. The highest BCUT2D eigenvalue weighted by Crippen LogP contribution is 2.35. The van der Waals surface area contributed by atoms with Gasteiger partial charge in [-0.05, 0) is 12.1 Å². The minimum atomic E-state index is 0.154. The van der Waals surface area contributed by atoms with Crippen LogP contribution in [0, 0.1) is 0 Å². The third kappa shape index (κ3) is 2.08. The first-order chi connectivity index (χ1) is 8.34. The second kappa shape index (κ2) is 4.50. The number of thiazole rings is 1. The summed E-state index contributed by atoms with van der Waals surface area (Å²) in [6, 6.07) is 8.01. The van der Waals surface area contributed by atoms with E-state index in [2.05, 4.69) is 11.1 Å². The highest BCUT2D eigenvalue weighted by Gasteiger charge is 2.24. The van der Waals surface area contributed by atoms with Crippen molar-refractivity contribution in [3.05, 3.63) is 40.8 Å². The Bertz CT molecular complexity index is 539. The van der Waals surface area contributed by atoms with Crippen LogP contribution in [0.2, 0.25) is 0 Å². The summed E-state index contributed by atoms with van der Waals surface area (Å²) in [5.41, 5.74) is 3.75. The standard InChI is InChI=1S/C12H10N2OS2/c15-12-7-17-11-4-2-1-3-10(11)14(12)5-9-6-16-8-13-9/h1-4,6,8H,5,7H2. The number of carbonyl (C=O) groups is 1. The molecule has 86 valence electrons. The smallest absolute Gasteiger partial charge is 0.237 e. The Morgan fingerprint density at radius 1 is 1.35 bits per heavy atom. The van der Waals surface area contributed by atoms with E-state index in [1.807, 2.05) is 28.5 Å². The van der Waals surface area contributed by atoms with Crippen LogP contribution >= 0.6 is 23.1 Å². The molecule has 0 spiro atoms. The summed E-state index contributed by atoms with van der Waals surface area (Å²) in [7, 11) is 0. The molecule has 0 unspecified atom stereocenters. The van der Waals surface area contributed by atoms with Crippen molar-refractivity contribution in [2.75, 3.05) is 10.7 Å². The number of benzene rings is 1. The number of fused-ring (bicyclic) bond motifs is 1. The van der Waals surface area contributed by atoms with E-state index in [9.17, 15) is 4.79 Å². The van der Waals surface area contributed by atoms with Gasteiger partial charge in [0.1, 0.15) is 0 Å². The van der Waals surface area contributed by atoms with E-state index in [-0.39, 0.29) is 5.91 Å². The number of hydrogen-bond donors (Lipinski definition) is 0. The van der Waals surface area contributed by atoms with Crippen LogP contribution in [0.15, 0.2) is 40.1 Å². The van der Waals surface area contributed by atoms with Crippen molar-refractivity contribution >= 4 is 34.7 Å². The van der Waals surface area contributed by atoms with E-state index >= 15 is 0 Å². The zero-order chi connectivity index (χ0) is 11.7. The molecule has 0 saturated carbocycles. The first-order valence-corrected chi connectivity index (χ1v) is 7.17. The monoisotopic (exact) mass is 262 g/mol. The maximum Gasteiger partial charge on any atom is 0.237 e. The number of rotatable bonds is 2. The fraction of sp³-hybridized carbons (Fsp3) is 0.167. The Hall–Kier alpha value is -1.33. The Morgan fingerprint density at radius 2 is 2.24 bits per heavy atom. The van der Waals surface area contributed by atoms with E-state index < -0.39 is 0 Å². The van der Waals surface area contributed by atoms with Crippen molar-refractivity contribution in [2.45, 2.75) is 11.4 Å². The summed E-state index contributed by atoms with van der Waals surface area (Å²) >= 11 is 3.16. The fourth-order valence-electron chi connectivity index (χ4n) is 1.80. The molecule has 3 rings (SSSR count). The Labute approximate surface area is 107 Å². The molecular weight excluding hydrogens is 252 g/mol. The minimum Gasteiger partial charge on any atom is -0.305 e. The quantitative estimate of drug-likeness (QED) is 0.834. The third-order valence-corrected chi connectivity index (χ3v) is 4.29. The topological polar surface area (TPSA) is 33.2 Å². The van der Waals surface area contributed by atoms with Crippen molar-refractivity contribution in [1.29, 1.82) is 0 Å². The normalized spacial score (nSPS) is 14.8. The predicted molar refractivity (Wildman–Crippen MR) is 70.5 cm³/mol. The van der Waals surface area contributed by atoms with Crippen molar-refractivity contribution in [3.8, 4) is 0 Å². The van der Waals surface area contributed by atoms with Crippen molar-refractivity contribution in [1.82, 2.24) is 4.98 Å². The molecule has 1 aromatic heterocycles. The minimum absolute atomic E-state index is 0.154. The molecule has 5 heteroatoms. The average Bonchev–Trinajstić information content (AvgIpc) is 2.86. The van der Waals surface area contributed by atoms with Gasteiger partial charge >= 0.3 is 0 Å². The molecule has 1 aliphatic rings. The molecule has 0 aliphatic carbocycles. The summed E-state index contributed by atoms with van der Waals surface area (Å²) in [5, 5.41) is 1.98. The average molecular weight is 262 g/mol. The number of para-hydroxylation sites is 1. The molecule has 1 amide bonds. The molecule has 3 nitrogen and oxygen atoms in total. The van der Waals surface area contributed by atoms with Crippen LogP contribution < -0.4 is 4.90 Å². The number of nitrogens with zero attached hydrogens (tertiary/aromatic N) is 2. The van der Waals surface area contributed by atoms with Gasteiger partial charge in [-0.2, -0.15) is 0 Å². The van der Waals surface area contributed by atoms with Gasteiger partial charge in [-0.25, -0.2) is 4.98 Å². The third-order valence-electron chi connectivity index (χ3n) is 2.61. The van der Waals surface area contributed by atoms with Gasteiger partial charge < -0.3 is 4.90 Å². The van der Waals surface area contributed by atoms with Crippen LogP contribution in [-0.2, 0) is 11.3 Å². The number of aromatic nitrogens is 1. The van der Waals surface area contributed by atoms with E-state index in [0.29, 0.717) is 12.3 Å². The number of amides is 1. The zero-order valence-electron chi connectivity index (χ0n) is 9.00. The van der Waals surface area contributed by atoms with E-state index in [1.165, 1.54) is 4.90 Å². The summed E-state index contributed by atoms with van der Waals surface area (Å²) < 4.78 is 0. The summed E-state index contributed by atoms with van der Waals surface area (Å²) in [5.74, 6) is 0.669. The van der Waals surface area contributed by atoms with Gasteiger partial charge in [0.25, 0.3) is 0 Å². The van der Waals surface area contributed by atoms with Crippen molar-refractivity contribution < 1.29 is 4.79 Å². The van der Waals surface area contributed by atoms with Gasteiger partial charge in [-0.15, -0.1) is 23.1 Å². The second-order valence-electron chi connectivity index (χ2n) is 3.72. The van der Waals surface area contributed by atoms with Crippen LogP contribution in [0.1, 0.15) is 5.69 Å². The number of hydrogen-bond acceptors (Lipinski definition) is 4. The molecule has 17 heavy (non-hydrogen) atoms. The van der Waals surface area contributed by atoms with Gasteiger partial charge in [-0.1, -0.05) is 12.1 Å². The highest BCUT2D eigenvalue weighted by molar-refractivity contribution is 8.00. The molecule has 0 N–H and O–H groups in total. The highest BCUT2D eigenvalue weighted by atomic mass is 32.2. The molecular formula is C12H10N2OS2. The lowest BCUT2D eigenvalue weighted by Crippen LogP contribution is -2.34. The van der Waals surface area contributed by atoms with Crippen LogP contribution in [0.3, 0.4) is 0 Å². The Balaban J connectivity index is 1.95. The largest absolute Gasteiger partial charge is 0.305 e. The molecule has 0 radical (unpaired) electrons. The predicted octanol–water partition coefficient (Wildman–Crippen LogP) is 2.78. The summed E-state index contributed by atoms with van der Waals surface area (Å²) in [4.78, 5) is 19.2. The van der Waals surface area contributed by atoms with Crippen LogP contribution in [0.4, 0.5) is 5.69 Å². The zero-order valence-corrected chi connectivity index (χ0v) is 10.6. The lowest BCUT2D eigenvalue weighted by Gasteiger charge is -2.28. The van der Waals surface area contributed by atoms with E-state index in [0.717, 1.165) is 11.4 Å². The fourth-order valence-corrected chi connectivity index (χ4v) is 3.29. The number of carbonyl (C=O) groups excluding carboxylic acids is 1. The summed E-state index contributed by atoms with van der Waals surface area (Å²) in [6.07, 6.45) is 0. The summed E-state index contributed by atoms with van der Waals surface area (Å²) in [6.45, 7) is 0.569. The molecule has 0 fully saturated rings. The van der Waals surface area contributed by atoms with Crippen LogP contribution in [0.25, 0.3) is 0 Å². The molecule has 2 aromatic rings. The van der Waals surface area contributed by atoms with Crippen molar-refractivity contribution in [3.63, 3.8) is 0 Å². The first kappa shape index (κ1) is 10.8. The Kier molecular flexibility index (Phi) is 2.86. The Morgan fingerprint density at radius 3 is 3.06 bits per heavy atom. The van der Waals surface area contributed by atoms with Gasteiger partial charge in [0.05, 0.1) is 29.2 Å². The van der Waals surface area contributed by atoms with Crippen LogP contribution in [-0.4, -0.2) is 16.6 Å². The molecule has 1 aromatic carbocycles. The molecule has 0 atom stereocenters. The van der Waals surface area contributed by atoms with Gasteiger partial charge in [0.15, 0.2) is 0 Å². The van der Waals surface area contributed by atoms with Gasteiger partial charge in [0.2, 0.25) is 5.91 Å². The first-order valence-electron chi connectivity index (χ1n) is 5.24. The molecule has 0 saturated heterocycles. The van der Waals surface area contributed by atoms with E-state index in [1.54, 1.807) is 28.6 Å². The number of anilines is 1. The van der Waals surface area contributed by atoms with Crippen molar-refractivity contribution in [2.24, 2.45) is 0 Å². The molecule has 0 bridgehead atoms. The lowest BCUT2D eigenvalue weighted by molar-refractivity contribution is -0.116.